The fourth-order valence-corrected chi connectivity index (χ4v) is 4.76. The van der Waals surface area contributed by atoms with E-state index in [0.29, 0.717) is 51.4 Å². The maximum Gasteiger partial charge on any atom is 0.442 e. The van der Waals surface area contributed by atoms with Gasteiger partial charge >= 0.3 is 11.7 Å². The zero-order valence-corrected chi connectivity index (χ0v) is 34.8. The van der Waals surface area contributed by atoms with Crippen LogP contribution in [0.4, 0.5) is 0 Å². The van der Waals surface area contributed by atoms with Crippen LogP contribution in [0.15, 0.2) is 45.6 Å². The van der Waals surface area contributed by atoms with E-state index in [0.717, 1.165) is 10.2 Å². The van der Waals surface area contributed by atoms with E-state index in [9.17, 15) is 23.8 Å². The molecule has 1 aliphatic heterocycles. The van der Waals surface area contributed by atoms with Crippen LogP contribution in [0, 0.1) is 5.41 Å². The van der Waals surface area contributed by atoms with Crippen LogP contribution in [-0.4, -0.2) is 81.0 Å². The number of nitrogens with one attached hydrogen (secondary N) is 1. The van der Waals surface area contributed by atoms with Crippen molar-refractivity contribution in [3.8, 4) is 11.4 Å². The Morgan fingerprint density at radius 1 is 1.12 bits per heavy atom. The molecule has 52 heavy (non-hydrogen) atoms. The predicted octanol–water partition coefficient (Wildman–Crippen LogP) is 5.51. The Morgan fingerprint density at radius 3 is 2.13 bits per heavy atom. The van der Waals surface area contributed by atoms with Crippen LogP contribution in [-0.2, 0) is 41.8 Å². The average molecular weight is 830 g/mol. The average Bonchev–Trinajstić information content (AvgIpc) is 3.49. The molecule has 0 radical (unpaired) electrons. The van der Waals surface area contributed by atoms with Gasteiger partial charge in [-0.1, -0.05) is 73.8 Å². The third-order valence-electron chi connectivity index (χ3n) is 6.03. The molecule has 1 amide bonds. The molecular weight excluding hydrogens is 782 g/mol. The summed E-state index contributed by atoms with van der Waals surface area (Å²) in [5.74, 6) is -1.01. The van der Waals surface area contributed by atoms with Gasteiger partial charge in [0.05, 0.1) is 72.0 Å². The lowest BCUT2D eigenvalue weighted by atomic mass is 9.95. The number of hydrogen-bond acceptors (Lipinski definition) is 10. The second-order valence-electron chi connectivity index (χ2n) is 13.7. The zero-order chi connectivity index (χ0) is 40.2. The van der Waals surface area contributed by atoms with Crippen LogP contribution in [0.25, 0.3) is 5.69 Å². The Bertz CT molecular complexity index is 1740. The molecule has 1 aromatic heterocycles. The largest absolute Gasteiger partial charge is 0.778 e. The number of amides is 1. The highest BCUT2D eigenvalue weighted by molar-refractivity contribution is 7.94. The van der Waals surface area contributed by atoms with Crippen molar-refractivity contribution in [3.05, 3.63) is 73.5 Å². The van der Waals surface area contributed by atoms with Crippen molar-refractivity contribution in [1.82, 2.24) is 20.2 Å². The van der Waals surface area contributed by atoms with Gasteiger partial charge in [0.1, 0.15) is 13.3 Å². The van der Waals surface area contributed by atoms with E-state index >= 15 is 0 Å². The number of carboxylic acid groups (broad SMARTS) is 1. The van der Waals surface area contributed by atoms with Crippen LogP contribution in [0.3, 0.4) is 0 Å². The van der Waals surface area contributed by atoms with Gasteiger partial charge in [0.25, 0.3) is 5.91 Å². The fraction of sp³-hybridized carbons (Fsp3) is 0.515. The molecule has 0 bridgehead atoms. The summed E-state index contributed by atoms with van der Waals surface area (Å²) in [6.45, 7) is 13.6. The van der Waals surface area contributed by atoms with E-state index in [1.165, 1.54) is 11.1 Å². The van der Waals surface area contributed by atoms with E-state index in [-0.39, 0.29) is 22.4 Å². The molecule has 1 unspecified atom stereocenters. The van der Waals surface area contributed by atoms with Crippen LogP contribution < -0.4 is 20.7 Å². The molecule has 0 saturated carbocycles. The lowest BCUT2D eigenvalue weighted by molar-refractivity contribution is -0.193. The summed E-state index contributed by atoms with van der Waals surface area (Å²) in [6, 6.07) is 10.6. The van der Waals surface area contributed by atoms with E-state index in [1.807, 2.05) is 78.0 Å². The highest BCUT2D eigenvalue weighted by atomic mass is 35.5. The monoisotopic (exact) mass is 828 g/mol. The number of hydrogen-bond donors (Lipinski definition) is 3. The van der Waals surface area contributed by atoms with Gasteiger partial charge in [-0.15, -0.1) is 5.10 Å². The normalized spacial score (nSPS) is 14.8. The minimum absolute atomic E-state index is 0.00687. The van der Waals surface area contributed by atoms with Gasteiger partial charge in [-0.2, -0.15) is 4.68 Å². The maximum atomic E-state index is 12.1. The zero-order valence-electron chi connectivity index (χ0n) is 30.9. The second kappa shape index (κ2) is 20.8. The highest BCUT2D eigenvalue weighted by Crippen LogP contribution is 2.34. The molecule has 3 N–H and O–H groups in total. The van der Waals surface area contributed by atoms with E-state index in [1.54, 1.807) is 6.07 Å². The van der Waals surface area contributed by atoms with Gasteiger partial charge in [-0.05, 0) is 56.3 Å². The number of aliphatic carboxylic acids is 1. The third kappa shape index (κ3) is 17.0. The first kappa shape index (κ1) is 47.4. The van der Waals surface area contributed by atoms with E-state index in [2.05, 4.69) is 23.9 Å². The quantitative estimate of drug-likeness (QED) is 0.181. The number of carboxylic acids is 1. The van der Waals surface area contributed by atoms with Gasteiger partial charge in [-0.3, -0.25) is 19.7 Å². The van der Waals surface area contributed by atoms with Crippen LogP contribution in [0.5, 0.6) is 5.75 Å². The molecule has 19 heteroatoms. The Kier molecular flexibility index (Phi) is 18.9. The van der Waals surface area contributed by atoms with Gasteiger partial charge < -0.3 is 28.6 Å². The maximum absolute atomic E-state index is 12.1. The number of benzene rings is 2. The first-order valence-electron chi connectivity index (χ1n) is 15.6. The predicted molar refractivity (Wildman–Crippen MR) is 204 cm³/mol. The Labute approximate surface area is 322 Å². The number of nitrogens with zero attached hydrogens (tertiary/aromatic N) is 3. The molecule has 3 aromatic rings. The molecule has 4 rings (SSSR count). The Hall–Kier alpha value is -2.59. The summed E-state index contributed by atoms with van der Waals surface area (Å²) < 4.78 is 21.9. The van der Waals surface area contributed by atoms with Gasteiger partial charge in [-0.25, -0.2) is 9.86 Å². The summed E-state index contributed by atoms with van der Waals surface area (Å²) in [5, 5.41) is 16.9. The van der Waals surface area contributed by atoms with Crippen molar-refractivity contribution < 1.29 is 43.0 Å². The standard InChI is InChI=1S/C15H18Cl2N2O3.C12H14ClNO2.C3H8NO5P.C3H9S/c1-8(2)21-12-7-11(9(16)6-10(12)17)19-14(20)22-13(18-19)15(3,4)5;1-12(2)8-16-14(11(12)15)7-9-5-3-4-6-10(9)13;5-3(6)1-4-2-10(7,8)9;1-4(2)3/h6-8H,1-5H3;3-6H,7-8H2,1-2H3;4H,1-2H2,(H,5,6)(H2,7,8,9);1-3H3/q;;;+1/p-1. The summed E-state index contributed by atoms with van der Waals surface area (Å²) in [6.07, 6.45) is 5.81. The number of carbonyl (C=O) groups excluding carboxylic acids is 1. The van der Waals surface area contributed by atoms with Crippen LogP contribution >= 0.6 is 42.4 Å². The van der Waals surface area contributed by atoms with Gasteiger partial charge in [0.2, 0.25) is 5.89 Å². The lowest BCUT2D eigenvalue weighted by Crippen LogP contribution is -2.30. The lowest BCUT2D eigenvalue weighted by Gasteiger charge is -2.16. The highest BCUT2D eigenvalue weighted by Gasteiger charge is 2.40. The van der Waals surface area contributed by atoms with Gasteiger partial charge in [0.15, 0.2) is 0 Å². The summed E-state index contributed by atoms with van der Waals surface area (Å²) in [5.41, 5.74) is 0.447. The molecule has 1 atom stereocenters. The number of ether oxygens (including phenoxy) is 1. The molecule has 1 fully saturated rings. The Morgan fingerprint density at radius 2 is 1.69 bits per heavy atom. The number of halogens is 3. The second-order valence-corrected chi connectivity index (χ2v) is 18.9. The molecule has 0 spiro atoms. The minimum atomic E-state index is -4.35. The number of hydroxylamine groups is 2. The fourth-order valence-electron chi connectivity index (χ4n) is 3.66. The SMILES string of the molecule is CC(C)Oc1cc(-n2nc(C(C)(C)C)oc2=O)c(Cl)cc1Cl.CC1(C)CON(Cc2ccccc2Cl)C1=O.C[S+](C)C.O=C(O)CNCP(=O)([O-])O. The summed E-state index contributed by atoms with van der Waals surface area (Å²) >= 11 is 18.3. The Balaban J connectivity index is 0.000000394. The van der Waals surface area contributed by atoms with Crippen molar-refractivity contribution in [2.45, 2.75) is 66.5 Å². The molecule has 1 aliphatic rings. The number of rotatable bonds is 9. The first-order chi connectivity index (χ1) is 23.7. The van der Waals surface area contributed by atoms with Crippen molar-refractivity contribution in [2.24, 2.45) is 5.41 Å². The van der Waals surface area contributed by atoms with Crippen molar-refractivity contribution in [1.29, 1.82) is 0 Å². The van der Waals surface area contributed by atoms with Gasteiger partial charge in [0, 0.05) is 16.5 Å². The molecule has 0 aliphatic carbocycles. The molecule has 292 valence electrons. The molecular formula is C33H48Cl3N4O10PS. The topological polar surface area (TPSA) is 196 Å². The molecule has 2 aromatic carbocycles. The van der Waals surface area contributed by atoms with Crippen LogP contribution in [0.1, 0.15) is 59.9 Å². The molecule has 2 heterocycles. The number of carbonyl (C=O) groups is 2. The molecule has 1 saturated heterocycles. The van der Waals surface area contributed by atoms with Crippen molar-refractivity contribution >= 4 is 65.2 Å². The van der Waals surface area contributed by atoms with E-state index < -0.39 is 37.6 Å². The summed E-state index contributed by atoms with van der Waals surface area (Å²) in [7, 11) is -3.71. The van der Waals surface area contributed by atoms with Crippen LogP contribution in [0.2, 0.25) is 15.1 Å². The van der Waals surface area contributed by atoms with E-state index in [4.69, 9.17) is 58.8 Å². The third-order valence-corrected chi connectivity index (χ3v) is 7.62. The number of aromatic nitrogens is 2. The van der Waals surface area contributed by atoms with Crippen molar-refractivity contribution in [3.63, 3.8) is 0 Å². The van der Waals surface area contributed by atoms with Crippen molar-refractivity contribution in [2.75, 3.05) is 38.2 Å². The molecule has 14 nitrogen and oxygen atoms in total. The first-order valence-corrected chi connectivity index (χ1v) is 21.0. The smallest absolute Gasteiger partial charge is 0.442 e. The minimum Gasteiger partial charge on any atom is -0.778 e. The summed E-state index contributed by atoms with van der Waals surface area (Å²) in [4.78, 5) is 57.1.